The van der Waals surface area contributed by atoms with Crippen molar-refractivity contribution >= 4 is 0 Å². The summed E-state index contributed by atoms with van der Waals surface area (Å²) in [5, 5.41) is 3.42. The fraction of sp³-hybridized carbons (Fsp3) is 1.00. The molecule has 2 aliphatic rings. The van der Waals surface area contributed by atoms with Crippen LogP contribution in [0.5, 0.6) is 0 Å². The number of ether oxygens (including phenoxy) is 1. The number of hydrogen-bond acceptors (Lipinski definition) is 3. The molecule has 0 aromatic carbocycles. The number of nitrogens with one attached hydrogen (secondary N) is 1. The zero-order valence-corrected chi connectivity index (χ0v) is 12.9. The highest BCUT2D eigenvalue weighted by atomic mass is 16.5. The molecule has 0 spiro atoms. The van der Waals surface area contributed by atoms with E-state index in [1.807, 2.05) is 0 Å². The summed E-state index contributed by atoms with van der Waals surface area (Å²) in [5.41, 5.74) is 0. The maximum absolute atomic E-state index is 5.43. The summed E-state index contributed by atoms with van der Waals surface area (Å²) in [6.07, 6.45) is 9.48. The van der Waals surface area contributed by atoms with E-state index in [1.165, 1.54) is 58.0 Å². The maximum Gasteiger partial charge on any atom is 0.0468 e. The van der Waals surface area contributed by atoms with Gasteiger partial charge in [-0.05, 0) is 77.4 Å². The van der Waals surface area contributed by atoms with Crippen LogP contribution in [0, 0.1) is 11.8 Å². The van der Waals surface area contributed by atoms with Gasteiger partial charge in [-0.25, -0.2) is 0 Å². The van der Waals surface area contributed by atoms with Crippen LogP contribution in [0.25, 0.3) is 0 Å². The summed E-state index contributed by atoms with van der Waals surface area (Å²) in [7, 11) is 4.41. The summed E-state index contributed by atoms with van der Waals surface area (Å²) >= 11 is 0. The molecule has 112 valence electrons. The Hall–Kier alpha value is -0.120. The van der Waals surface area contributed by atoms with Crippen LogP contribution in [-0.4, -0.2) is 51.3 Å². The second kappa shape index (κ2) is 8.23. The van der Waals surface area contributed by atoms with Crippen LogP contribution < -0.4 is 5.32 Å². The van der Waals surface area contributed by atoms with Gasteiger partial charge in [-0.3, -0.25) is 0 Å². The summed E-state index contributed by atoms with van der Waals surface area (Å²) in [5.74, 6) is 1.85. The molecule has 1 saturated carbocycles. The third-order valence-corrected chi connectivity index (χ3v) is 5.08. The molecule has 1 N–H and O–H groups in total. The van der Waals surface area contributed by atoms with Crippen LogP contribution in [0.2, 0.25) is 0 Å². The minimum absolute atomic E-state index is 0.781. The van der Waals surface area contributed by atoms with Crippen molar-refractivity contribution < 1.29 is 4.74 Å². The van der Waals surface area contributed by atoms with Gasteiger partial charge < -0.3 is 15.0 Å². The van der Waals surface area contributed by atoms with Crippen LogP contribution in [0.1, 0.15) is 44.9 Å². The molecule has 2 fully saturated rings. The highest BCUT2D eigenvalue weighted by Gasteiger charge is 2.21. The van der Waals surface area contributed by atoms with Gasteiger partial charge in [-0.1, -0.05) is 0 Å². The Morgan fingerprint density at radius 3 is 2.32 bits per heavy atom. The van der Waals surface area contributed by atoms with Gasteiger partial charge in [0.15, 0.2) is 0 Å². The van der Waals surface area contributed by atoms with Crippen molar-refractivity contribution in [3.8, 4) is 0 Å². The average Bonchev–Trinajstić information content (AvgIpc) is 2.47. The van der Waals surface area contributed by atoms with E-state index < -0.39 is 0 Å². The molecule has 1 aliphatic heterocycles. The highest BCUT2D eigenvalue weighted by Crippen LogP contribution is 2.25. The van der Waals surface area contributed by atoms with E-state index >= 15 is 0 Å². The largest absolute Gasteiger partial charge is 0.381 e. The van der Waals surface area contributed by atoms with Crippen LogP contribution in [0.4, 0.5) is 0 Å². The first kappa shape index (κ1) is 15.3. The molecular weight excluding hydrogens is 236 g/mol. The van der Waals surface area contributed by atoms with Crippen molar-refractivity contribution in [3.05, 3.63) is 0 Å². The number of nitrogens with zero attached hydrogens (tertiary/aromatic N) is 1. The highest BCUT2D eigenvalue weighted by molar-refractivity contribution is 4.77. The molecule has 19 heavy (non-hydrogen) atoms. The molecule has 1 aliphatic carbocycles. The lowest BCUT2D eigenvalue weighted by atomic mass is 9.85. The quantitative estimate of drug-likeness (QED) is 0.801. The van der Waals surface area contributed by atoms with E-state index in [1.54, 1.807) is 0 Å². The second-order valence-corrected chi connectivity index (χ2v) is 6.61. The molecule has 0 amide bonds. The Balaban J connectivity index is 1.57. The van der Waals surface area contributed by atoms with Gasteiger partial charge in [0, 0.05) is 25.8 Å². The van der Waals surface area contributed by atoms with Crippen LogP contribution >= 0.6 is 0 Å². The Morgan fingerprint density at radius 1 is 1.00 bits per heavy atom. The van der Waals surface area contributed by atoms with Gasteiger partial charge in [0.2, 0.25) is 0 Å². The van der Waals surface area contributed by atoms with Crippen molar-refractivity contribution in [3.63, 3.8) is 0 Å². The van der Waals surface area contributed by atoms with Crippen molar-refractivity contribution in [1.82, 2.24) is 10.2 Å². The molecule has 0 bridgehead atoms. The van der Waals surface area contributed by atoms with Crippen LogP contribution in [0.15, 0.2) is 0 Å². The molecule has 0 aromatic rings. The second-order valence-electron chi connectivity index (χ2n) is 6.61. The van der Waals surface area contributed by atoms with E-state index in [0.29, 0.717) is 0 Å². The lowest BCUT2D eigenvalue weighted by Crippen LogP contribution is -2.35. The summed E-state index contributed by atoms with van der Waals surface area (Å²) in [6.45, 7) is 4.56. The van der Waals surface area contributed by atoms with E-state index in [2.05, 4.69) is 24.3 Å². The molecule has 0 unspecified atom stereocenters. The zero-order chi connectivity index (χ0) is 13.5. The van der Waals surface area contributed by atoms with E-state index in [0.717, 1.165) is 31.1 Å². The molecule has 3 heteroatoms. The first-order valence-electron chi connectivity index (χ1n) is 8.21. The molecule has 1 saturated heterocycles. The molecule has 2 rings (SSSR count). The zero-order valence-electron chi connectivity index (χ0n) is 12.9. The first-order chi connectivity index (χ1) is 9.28. The number of rotatable bonds is 6. The van der Waals surface area contributed by atoms with Gasteiger partial charge in [-0.15, -0.1) is 0 Å². The Labute approximate surface area is 119 Å². The van der Waals surface area contributed by atoms with Crippen molar-refractivity contribution in [2.45, 2.75) is 51.0 Å². The molecular formula is C16H32N2O. The SMILES string of the molecule is CNC1CCC(CN(C)CCC2CCOCC2)CC1. The number of hydrogen-bond donors (Lipinski definition) is 1. The van der Waals surface area contributed by atoms with Gasteiger partial charge in [0.1, 0.15) is 0 Å². The van der Waals surface area contributed by atoms with Crippen molar-refractivity contribution in [2.24, 2.45) is 11.8 Å². The van der Waals surface area contributed by atoms with E-state index in [4.69, 9.17) is 4.74 Å². The third-order valence-electron chi connectivity index (χ3n) is 5.08. The summed E-state index contributed by atoms with van der Waals surface area (Å²) < 4.78 is 5.43. The minimum Gasteiger partial charge on any atom is -0.381 e. The molecule has 3 nitrogen and oxygen atoms in total. The Kier molecular flexibility index (Phi) is 6.62. The fourth-order valence-electron chi connectivity index (χ4n) is 3.60. The molecule has 0 radical (unpaired) electrons. The molecule has 0 atom stereocenters. The van der Waals surface area contributed by atoms with Gasteiger partial charge >= 0.3 is 0 Å². The Bertz CT molecular complexity index is 233. The monoisotopic (exact) mass is 268 g/mol. The van der Waals surface area contributed by atoms with Gasteiger partial charge in [-0.2, -0.15) is 0 Å². The summed E-state index contributed by atoms with van der Waals surface area (Å²) in [6, 6.07) is 0.781. The predicted molar refractivity (Wildman–Crippen MR) is 80.5 cm³/mol. The lowest BCUT2D eigenvalue weighted by Gasteiger charge is -2.32. The van der Waals surface area contributed by atoms with Crippen molar-refractivity contribution in [2.75, 3.05) is 40.4 Å². The minimum atomic E-state index is 0.781. The topological polar surface area (TPSA) is 24.5 Å². The summed E-state index contributed by atoms with van der Waals surface area (Å²) in [4.78, 5) is 2.57. The predicted octanol–water partition coefficient (Wildman–Crippen LogP) is 2.51. The lowest BCUT2D eigenvalue weighted by molar-refractivity contribution is 0.0602. The smallest absolute Gasteiger partial charge is 0.0468 e. The van der Waals surface area contributed by atoms with Gasteiger partial charge in [0.05, 0.1) is 0 Å². The maximum atomic E-state index is 5.43. The standard InChI is InChI=1S/C16H32N2O/c1-17-16-5-3-15(4-6-16)13-18(2)10-7-14-8-11-19-12-9-14/h14-17H,3-13H2,1-2H3. The average molecular weight is 268 g/mol. The van der Waals surface area contributed by atoms with Crippen LogP contribution in [-0.2, 0) is 4.74 Å². The van der Waals surface area contributed by atoms with Crippen molar-refractivity contribution in [1.29, 1.82) is 0 Å². The van der Waals surface area contributed by atoms with E-state index in [9.17, 15) is 0 Å². The molecule has 1 heterocycles. The Morgan fingerprint density at radius 2 is 1.68 bits per heavy atom. The normalized spacial score (nSPS) is 29.8. The van der Waals surface area contributed by atoms with E-state index in [-0.39, 0.29) is 0 Å². The molecule has 0 aromatic heterocycles. The van der Waals surface area contributed by atoms with Crippen LogP contribution in [0.3, 0.4) is 0 Å². The first-order valence-corrected chi connectivity index (χ1v) is 8.21. The fourth-order valence-corrected chi connectivity index (χ4v) is 3.60. The third kappa shape index (κ3) is 5.41. The van der Waals surface area contributed by atoms with Gasteiger partial charge in [0.25, 0.3) is 0 Å².